The second-order valence-electron chi connectivity index (χ2n) is 1.54. The summed E-state index contributed by atoms with van der Waals surface area (Å²) in [7, 11) is 0. The van der Waals surface area contributed by atoms with Crippen LogP contribution in [0.15, 0.2) is 0 Å². The molecular weight excluding hydrogens is 183 g/mol. The predicted molar refractivity (Wildman–Crippen MR) is 51.5 cm³/mol. The Morgan fingerprint density at radius 2 is 0.667 bits per heavy atom. The standard InChI is InChI=1S/C5H5.2C3H5.V/c1-2-4-5-3-1;2*1-3-2;/h1-5H;2*3H,1-2H2;. The van der Waals surface area contributed by atoms with Gasteiger partial charge in [0, 0.05) is 18.6 Å². The van der Waals surface area contributed by atoms with Gasteiger partial charge >= 0.3 is 0 Å². The van der Waals surface area contributed by atoms with Crippen LogP contribution >= 0.6 is 0 Å². The Hall–Kier alpha value is 0.584. The van der Waals surface area contributed by atoms with Crippen molar-refractivity contribution in [3.8, 4) is 0 Å². The van der Waals surface area contributed by atoms with Gasteiger partial charge in [-0.15, -0.1) is 0 Å². The minimum atomic E-state index is 0. The summed E-state index contributed by atoms with van der Waals surface area (Å²) in [5.74, 6) is 0. The Balaban J connectivity index is -0.000000104. The fourth-order valence-electron chi connectivity index (χ4n) is 0.321. The van der Waals surface area contributed by atoms with Crippen molar-refractivity contribution in [1.82, 2.24) is 0 Å². The SMILES string of the molecule is [CH2][CH][CH2].[CH2][CH][CH2].[CH]1[CH][CH][CH][CH]1.[V]. The van der Waals surface area contributed by atoms with Crippen LogP contribution in [0.4, 0.5) is 0 Å². The van der Waals surface area contributed by atoms with Crippen molar-refractivity contribution in [2.75, 3.05) is 0 Å². The van der Waals surface area contributed by atoms with E-state index in [1.54, 1.807) is 0 Å². The molecule has 1 saturated carbocycles. The van der Waals surface area contributed by atoms with Crippen molar-refractivity contribution in [3.05, 3.63) is 72.6 Å². The van der Waals surface area contributed by atoms with E-state index >= 15 is 0 Å². The van der Waals surface area contributed by atoms with Gasteiger partial charge in [0.1, 0.15) is 0 Å². The molecule has 0 amide bonds. The van der Waals surface area contributed by atoms with Crippen LogP contribution in [0.3, 0.4) is 0 Å². The fourth-order valence-corrected chi connectivity index (χ4v) is 0.321. The van der Waals surface area contributed by atoms with Crippen LogP contribution < -0.4 is 0 Å². The van der Waals surface area contributed by atoms with Gasteiger partial charge in [0.05, 0.1) is 0 Å². The first-order valence-electron chi connectivity index (χ1n) is 3.30. The van der Waals surface area contributed by atoms with E-state index in [1.807, 2.05) is 32.1 Å². The Bertz CT molecular complexity index is 30.7. The molecule has 0 nitrogen and oxygen atoms in total. The zero-order valence-corrected chi connectivity index (χ0v) is 8.71. The van der Waals surface area contributed by atoms with Crippen LogP contribution in [-0.2, 0) is 18.6 Å². The van der Waals surface area contributed by atoms with Crippen molar-refractivity contribution >= 4 is 0 Å². The molecule has 1 aliphatic carbocycles. The Kier molecular flexibility index (Phi) is 34.6. The maximum Gasteiger partial charge on any atom is 0 e. The summed E-state index contributed by atoms with van der Waals surface area (Å²) in [4.78, 5) is 0. The van der Waals surface area contributed by atoms with E-state index in [4.69, 9.17) is 0 Å². The zero-order chi connectivity index (χ0) is 8.95. The summed E-state index contributed by atoms with van der Waals surface area (Å²) in [6, 6.07) is 0. The third kappa shape index (κ3) is 31.2. The summed E-state index contributed by atoms with van der Waals surface area (Å²) < 4.78 is 0. The van der Waals surface area contributed by atoms with Crippen LogP contribution in [0, 0.1) is 72.6 Å². The molecule has 0 spiro atoms. The minimum Gasteiger partial charge on any atom is -0.0499 e. The maximum atomic E-state index is 3.25. The Morgan fingerprint density at radius 3 is 0.750 bits per heavy atom. The molecular formula is C11H15V. The third-order valence-corrected chi connectivity index (χ3v) is 0.556. The van der Waals surface area contributed by atoms with Crippen LogP contribution in [0.2, 0.25) is 0 Å². The quantitative estimate of drug-likeness (QED) is 0.561. The van der Waals surface area contributed by atoms with Gasteiger partial charge in [-0.2, -0.15) is 0 Å². The number of hydrogen-bond acceptors (Lipinski definition) is 0. The topological polar surface area (TPSA) is 0 Å². The molecule has 0 N–H and O–H groups in total. The molecule has 0 aromatic carbocycles. The molecule has 0 saturated heterocycles. The number of hydrogen-bond donors (Lipinski definition) is 0. The maximum absolute atomic E-state index is 3.25. The average molecular weight is 198 g/mol. The molecule has 64 valence electrons. The molecule has 0 aliphatic heterocycles. The first-order valence-corrected chi connectivity index (χ1v) is 3.30. The van der Waals surface area contributed by atoms with E-state index in [-0.39, 0.29) is 18.6 Å². The predicted octanol–water partition coefficient (Wildman–Crippen LogP) is 2.74. The summed E-state index contributed by atoms with van der Waals surface area (Å²) in [5.41, 5.74) is 0. The summed E-state index contributed by atoms with van der Waals surface area (Å²) in [5, 5.41) is 0. The van der Waals surface area contributed by atoms with Crippen molar-refractivity contribution in [2.24, 2.45) is 0 Å². The second kappa shape index (κ2) is 22.6. The van der Waals surface area contributed by atoms with Gasteiger partial charge < -0.3 is 0 Å². The van der Waals surface area contributed by atoms with E-state index in [0.29, 0.717) is 0 Å². The van der Waals surface area contributed by atoms with Gasteiger partial charge in [0.2, 0.25) is 0 Å². The van der Waals surface area contributed by atoms with Crippen molar-refractivity contribution in [2.45, 2.75) is 0 Å². The van der Waals surface area contributed by atoms with Gasteiger partial charge in [-0.1, -0.05) is 0 Å². The summed E-state index contributed by atoms with van der Waals surface area (Å²) in [6.07, 6.45) is 13.0. The smallest absolute Gasteiger partial charge is 0 e. The molecule has 0 aromatic heterocycles. The zero-order valence-electron chi connectivity index (χ0n) is 7.32. The van der Waals surface area contributed by atoms with Crippen LogP contribution in [0.25, 0.3) is 0 Å². The molecule has 1 aliphatic rings. The third-order valence-electron chi connectivity index (χ3n) is 0.556. The van der Waals surface area contributed by atoms with Crippen molar-refractivity contribution in [1.29, 1.82) is 0 Å². The molecule has 0 atom stereocenters. The van der Waals surface area contributed by atoms with E-state index in [1.165, 1.54) is 12.8 Å². The van der Waals surface area contributed by atoms with Crippen LogP contribution in [0.5, 0.6) is 0 Å². The summed E-state index contributed by atoms with van der Waals surface area (Å²) >= 11 is 0. The summed E-state index contributed by atoms with van der Waals surface area (Å²) in [6.45, 7) is 13.0. The Morgan fingerprint density at radius 1 is 0.583 bits per heavy atom. The molecule has 12 heavy (non-hydrogen) atoms. The normalized spacial score (nSPS) is 13.0. The van der Waals surface area contributed by atoms with Gasteiger partial charge in [-0.3, -0.25) is 0 Å². The van der Waals surface area contributed by atoms with Gasteiger partial charge in [-0.05, 0) is 72.6 Å². The molecule has 0 bridgehead atoms. The van der Waals surface area contributed by atoms with Crippen molar-refractivity contribution in [3.63, 3.8) is 0 Å². The first-order chi connectivity index (χ1) is 5.33. The van der Waals surface area contributed by atoms with Crippen LogP contribution in [-0.4, -0.2) is 0 Å². The fraction of sp³-hybridized carbons (Fsp3) is 0. The van der Waals surface area contributed by atoms with Crippen LogP contribution in [0.1, 0.15) is 0 Å². The minimum absolute atomic E-state index is 0. The van der Waals surface area contributed by atoms with Gasteiger partial charge in [-0.25, -0.2) is 0 Å². The van der Waals surface area contributed by atoms with E-state index in [0.717, 1.165) is 0 Å². The molecule has 12 radical (unpaired) electrons. The molecule has 1 fully saturated rings. The molecule has 1 rings (SSSR count). The molecule has 0 heterocycles. The largest absolute Gasteiger partial charge is 0.0499 e. The monoisotopic (exact) mass is 198 g/mol. The van der Waals surface area contributed by atoms with Crippen molar-refractivity contribution < 1.29 is 18.6 Å². The molecule has 0 aromatic rings. The van der Waals surface area contributed by atoms with E-state index in [2.05, 4.69) is 27.7 Å². The molecule has 0 unspecified atom stereocenters. The van der Waals surface area contributed by atoms with Gasteiger partial charge in [0.25, 0.3) is 0 Å². The van der Waals surface area contributed by atoms with Gasteiger partial charge in [0.15, 0.2) is 0 Å². The molecule has 1 heteroatoms. The van der Waals surface area contributed by atoms with E-state index < -0.39 is 0 Å². The first kappa shape index (κ1) is 18.4. The average Bonchev–Trinajstić information content (AvgIpc) is 2.44. The Labute approximate surface area is 91.4 Å². The van der Waals surface area contributed by atoms with E-state index in [9.17, 15) is 0 Å². The second-order valence-corrected chi connectivity index (χ2v) is 1.54. The number of rotatable bonds is 0.